The van der Waals surface area contributed by atoms with Crippen LogP contribution in [0.3, 0.4) is 0 Å². The third-order valence-corrected chi connectivity index (χ3v) is 2.09. The number of para-hydroxylation sites is 1. The first kappa shape index (κ1) is 8.20. The number of aliphatic hydroxyl groups is 1. The third-order valence-electron chi connectivity index (χ3n) is 2.09. The molecule has 0 aliphatic carbocycles. The Balaban J connectivity index is 2.62. The molecule has 0 radical (unpaired) electrons. The Morgan fingerprint density at radius 3 is 2.85 bits per heavy atom. The molecule has 0 bridgehead atoms. The molecule has 0 saturated heterocycles. The lowest BCUT2D eigenvalue weighted by Crippen LogP contribution is -1.91. The molecule has 2 heteroatoms. The highest BCUT2D eigenvalue weighted by Gasteiger charge is 2.01. The minimum Gasteiger partial charge on any atom is -0.389 e. The van der Waals surface area contributed by atoms with Gasteiger partial charge in [-0.1, -0.05) is 18.2 Å². The number of aliphatic hydroxyl groups excluding tert-OH is 1. The molecular weight excluding hydrogens is 162 g/mol. The van der Waals surface area contributed by atoms with Crippen LogP contribution >= 0.6 is 0 Å². The van der Waals surface area contributed by atoms with E-state index < -0.39 is 6.10 Å². The van der Waals surface area contributed by atoms with Gasteiger partial charge < -0.3 is 5.11 Å². The van der Waals surface area contributed by atoms with Crippen molar-refractivity contribution in [3.05, 3.63) is 42.1 Å². The number of benzene rings is 1. The molecule has 0 fully saturated rings. The Labute approximate surface area is 76.9 Å². The minimum absolute atomic E-state index is 0.447. The Morgan fingerprint density at radius 2 is 2.08 bits per heavy atom. The summed E-state index contributed by atoms with van der Waals surface area (Å²) in [4.78, 5) is 4.24. The molecule has 0 aliphatic heterocycles. The number of aromatic nitrogens is 1. The van der Waals surface area contributed by atoms with E-state index in [4.69, 9.17) is 0 Å². The molecule has 66 valence electrons. The van der Waals surface area contributed by atoms with Crippen molar-refractivity contribution >= 4 is 10.9 Å². The van der Waals surface area contributed by atoms with Crippen LogP contribution in [0.1, 0.15) is 18.6 Å². The van der Waals surface area contributed by atoms with Crippen molar-refractivity contribution in [1.29, 1.82) is 0 Å². The topological polar surface area (TPSA) is 33.1 Å². The monoisotopic (exact) mass is 173 g/mol. The van der Waals surface area contributed by atoms with Crippen LogP contribution in [0, 0.1) is 0 Å². The van der Waals surface area contributed by atoms with E-state index >= 15 is 0 Å². The lowest BCUT2D eigenvalue weighted by Gasteiger charge is -2.04. The van der Waals surface area contributed by atoms with Crippen molar-refractivity contribution in [3.63, 3.8) is 0 Å². The SMILES string of the molecule is C[C@@H](O)c1cnc2ccccc2c1. The second-order valence-electron chi connectivity index (χ2n) is 3.14. The van der Waals surface area contributed by atoms with Gasteiger partial charge in [0.05, 0.1) is 11.6 Å². The third kappa shape index (κ3) is 1.53. The molecule has 1 atom stereocenters. The van der Waals surface area contributed by atoms with E-state index in [1.54, 1.807) is 13.1 Å². The van der Waals surface area contributed by atoms with Crippen molar-refractivity contribution in [2.45, 2.75) is 13.0 Å². The van der Waals surface area contributed by atoms with Crippen molar-refractivity contribution in [1.82, 2.24) is 4.98 Å². The van der Waals surface area contributed by atoms with E-state index in [9.17, 15) is 5.11 Å². The van der Waals surface area contributed by atoms with Gasteiger partial charge in [0, 0.05) is 11.6 Å². The molecule has 13 heavy (non-hydrogen) atoms. The summed E-state index contributed by atoms with van der Waals surface area (Å²) in [5.74, 6) is 0. The molecule has 0 spiro atoms. The highest BCUT2D eigenvalue weighted by Crippen LogP contribution is 2.17. The summed E-state index contributed by atoms with van der Waals surface area (Å²) in [5.41, 5.74) is 1.82. The Morgan fingerprint density at radius 1 is 1.31 bits per heavy atom. The molecule has 2 nitrogen and oxygen atoms in total. The van der Waals surface area contributed by atoms with Gasteiger partial charge >= 0.3 is 0 Å². The van der Waals surface area contributed by atoms with Gasteiger partial charge in [0.25, 0.3) is 0 Å². The largest absolute Gasteiger partial charge is 0.389 e. The number of fused-ring (bicyclic) bond motifs is 1. The molecule has 2 aromatic rings. The molecule has 1 aromatic carbocycles. The van der Waals surface area contributed by atoms with Crippen LogP contribution in [0.2, 0.25) is 0 Å². The average Bonchev–Trinajstić information content (AvgIpc) is 2.17. The van der Waals surface area contributed by atoms with E-state index in [-0.39, 0.29) is 0 Å². The maximum atomic E-state index is 9.34. The van der Waals surface area contributed by atoms with Crippen LogP contribution in [-0.2, 0) is 0 Å². The zero-order chi connectivity index (χ0) is 9.26. The summed E-state index contributed by atoms with van der Waals surface area (Å²) >= 11 is 0. The molecule has 0 saturated carbocycles. The van der Waals surface area contributed by atoms with Gasteiger partial charge in [-0.25, -0.2) is 0 Å². The highest BCUT2D eigenvalue weighted by molar-refractivity contribution is 5.78. The maximum Gasteiger partial charge on any atom is 0.0777 e. The molecule has 0 amide bonds. The van der Waals surface area contributed by atoms with Gasteiger partial charge in [-0.2, -0.15) is 0 Å². The molecule has 1 heterocycles. The summed E-state index contributed by atoms with van der Waals surface area (Å²) in [7, 11) is 0. The average molecular weight is 173 g/mol. The number of nitrogens with zero attached hydrogens (tertiary/aromatic N) is 1. The summed E-state index contributed by atoms with van der Waals surface area (Å²) in [6, 6.07) is 9.84. The smallest absolute Gasteiger partial charge is 0.0777 e. The van der Waals surface area contributed by atoms with Crippen LogP contribution in [0.25, 0.3) is 10.9 Å². The highest BCUT2D eigenvalue weighted by atomic mass is 16.3. The minimum atomic E-state index is -0.447. The predicted molar refractivity (Wildman–Crippen MR) is 52.4 cm³/mol. The standard InChI is InChI=1S/C11H11NO/c1-8(13)10-6-9-4-2-3-5-11(9)12-7-10/h2-8,13H,1H3/t8-/m1/s1. The Hall–Kier alpha value is -1.41. The van der Waals surface area contributed by atoms with Gasteiger partial charge in [-0.05, 0) is 24.6 Å². The normalized spacial score (nSPS) is 13.1. The van der Waals surface area contributed by atoms with Crippen molar-refractivity contribution in [2.75, 3.05) is 0 Å². The molecule has 0 aliphatic rings. The molecule has 0 unspecified atom stereocenters. The van der Waals surface area contributed by atoms with Gasteiger partial charge in [-0.3, -0.25) is 4.98 Å². The van der Waals surface area contributed by atoms with Crippen molar-refractivity contribution in [2.24, 2.45) is 0 Å². The quantitative estimate of drug-likeness (QED) is 0.717. The van der Waals surface area contributed by atoms with Crippen molar-refractivity contribution < 1.29 is 5.11 Å². The predicted octanol–water partition coefficient (Wildman–Crippen LogP) is 2.29. The number of pyridine rings is 1. The van der Waals surface area contributed by atoms with E-state index in [2.05, 4.69) is 4.98 Å². The van der Waals surface area contributed by atoms with E-state index in [1.165, 1.54) is 0 Å². The number of hydrogen-bond acceptors (Lipinski definition) is 2. The zero-order valence-electron chi connectivity index (χ0n) is 7.44. The number of rotatable bonds is 1. The van der Waals surface area contributed by atoms with Crippen LogP contribution in [0.15, 0.2) is 36.5 Å². The van der Waals surface area contributed by atoms with E-state index in [0.29, 0.717) is 0 Å². The fourth-order valence-corrected chi connectivity index (χ4v) is 1.32. The summed E-state index contributed by atoms with van der Waals surface area (Å²) in [6.45, 7) is 1.74. The van der Waals surface area contributed by atoms with E-state index in [0.717, 1.165) is 16.5 Å². The number of hydrogen-bond donors (Lipinski definition) is 1. The molecule has 1 N–H and O–H groups in total. The van der Waals surface area contributed by atoms with Gasteiger partial charge in [0.1, 0.15) is 0 Å². The van der Waals surface area contributed by atoms with Crippen LogP contribution in [0.4, 0.5) is 0 Å². The fourth-order valence-electron chi connectivity index (χ4n) is 1.32. The first-order valence-electron chi connectivity index (χ1n) is 4.30. The van der Waals surface area contributed by atoms with Crippen LogP contribution in [-0.4, -0.2) is 10.1 Å². The lowest BCUT2D eigenvalue weighted by atomic mass is 10.1. The van der Waals surface area contributed by atoms with Crippen LogP contribution in [0.5, 0.6) is 0 Å². The van der Waals surface area contributed by atoms with Gasteiger partial charge in [-0.15, -0.1) is 0 Å². The zero-order valence-corrected chi connectivity index (χ0v) is 7.44. The summed E-state index contributed by atoms with van der Waals surface area (Å²) < 4.78 is 0. The first-order chi connectivity index (χ1) is 6.27. The van der Waals surface area contributed by atoms with Crippen LogP contribution < -0.4 is 0 Å². The van der Waals surface area contributed by atoms with Gasteiger partial charge in [0.2, 0.25) is 0 Å². The second-order valence-corrected chi connectivity index (χ2v) is 3.14. The summed E-state index contributed by atoms with van der Waals surface area (Å²) in [6.07, 6.45) is 1.27. The Bertz CT molecular complexity index is 423. The van der Waals surface area contributed by atoms with Crippen molar-refractivity contribution in [3.8, 4) is 0 Å². The first-order valence-corrected chi connectivity index (χ1v) is 4.30. The summed E-state index contributed by atoms with van der Waals surface area (Å²) in [5, 5.41) is 10.4. The fraction of sp³-hybridized carbons (Fsp3) is 0.182. The Kier molecular flexibility index (Phi) is 1.99. The van der Waals surface area contributed by atoms with E-state index in [1.807, 2.05) is 30.3 Å². The molecule has 1 aromatic heterocycles. The second kappa shape index (κ2) is 3.15. The lowest BCUT2D eigenvalue weighted by molar-refractivity contribution is 0.199. The maximum absolute atomic E-state index is 9.34. The molecular formula is C11H11NO. The molecule has 2 rings (SSSR count). The van der Waals surface area contributed by atoms with Gasteiger partial charge in [0.15, 0.2) is 0 Å².